The maximum atomic E-state index is 10.9. The van der Waals surface area contributed by atoms with Gasteiger partial charge in [-0.15, -0.1) is 0 Å². The van der Waals surface area contributed by atoms with Crippen molar-refractivity contribution in [2.45, 2.75) is 205 Å². The smallest absolute Gasteiger partial charge is 0.243 e. The highest BCUT2D eigenvalue weighted by molar-refractivity contribution is 9.09. The molecule has 0 heterocycles. The predicted molar refractivity (Wildman–Crippen MR) is 171 cm³/mol. The van der Waals surface area contributed by atoms with Gasteiger partial charge in [0.15, 0.2) is 0 Å². The van der Waals surface area contributed by atoms with Gasteiger partial charge in [0, 0.05) is 11.8 Å². The molecule has 0 fully saturated rings. The summed E-state index contributed by atoms with van der Waals surface area (Å²) < 4.78 is 0. The number of nitrogens with one attached hydrogen (secondary N) is 1. The number of rotatable bonds is 33. The number of halogens is 1. The van der Waals surface area contributed by atoms with E-state index in [0.29, 0.717) is 6.42 Å². The van der Waals surface area contributed by atoms with E-state index >= 15 is 0 Å². The molecule has 3 nitrogen and oxygen atoms in total. The summed E-state index contributed by atoms with van der Waals surface area (Å²) in [5, 5.41) is 9.63. The van der Waals surface area contributed by atoms with Crippen LogP contribution in [0.2, 0.25) is 0 Å². The van der Waals surface area contributed by atoms with Gasteiger partial charge in [0.05, 0.1) is 0 Å². The van der Waals surface area contributed by atoms with Crippen LogP contribution in [0, 0.1) is 0 Å². The Morgan fingerprint density at radius 2 is 0.553 bits per heavy atom. The quantitative estimate of drug-likeness (QED) is 0.0340. The molecule has 0 bridgehead atoms. The van der Waals surface area contributed by atoms with Crippen LogP contribution in [0.1, 0.15) is 205 Å². The first-order valence-corrected chi connectivity index (χ1v) is 18.4. The van der Waals surface area contributed by atoms with Gasteiger partial charge in [0.2, 0.25) is 5.91 Å². The number of hydrogen-bond donors (Lipinski definition) is 2. The summed E-state index contributed by atoms with van der Waals surface area (Å²) in [7, 11) is 0. The second-order valence-corrected chi connectivity index (χ2v) is 12.7. The number of amides is 1. The molecule has 0 aliphatic carbocycles. The van der Waals surface area contributed by atoms with E-state index in [0.717, 1.165) is 12.8 Å². The molecule has 0 aromatic heterocycles. The van der Waals surface area contributed by atoms with Crippen LogP contribution >= 0.6 is 15.9 Å². The van der Waals surface area contributed by atoms with Crippen molar-refractivity contribution in [2.75, 3.05) is 5.33 Å². The van der Waals surface area contributed by atoms with Crippen molar-refractivity contribution in [3.8, 4) is 0 Å². The van der Waals surface area contributed by atoms with Crippen molar-refractivity contribution in [3.05, 3.63) is 0 Å². The Kier molecular flexibility index (Phi) is 34.9. The van der Waals surface area contributed by atoms with Crippen molar-refractivity contribution >= 4 is 21.8 Å². The van der Waals surface area contributed by atoms with Crippen LogP contribution < -0.4 is 5.48 Å². The van der Waals surface area contributed by atoms with Crippen LogP contribution in [0.15, 0.2) is 0 Å². The van der Waals surface area contributed by atoms with Crippen LogP contribution in [-0.2, 0) is 4.79 Å². The lowest BCUT2D eigenvalue weighted by atomic mass is 10.0. The third-order valence-corrected chi connectivity index (χ3v) is 8.72. The Hall–Kier alpha value is -0.0900. The van der Waals surface area contributed by atoms with Gasteiger partial charge in [-0.25, -0.2) is 5.48 Å². The second kappa shape index (κ2) is 34.9. The largest absolute Gasteiger partial charge is 0.289 e. The van der Waals surface area contributed by atoms with E-state index in [1.54, 1.807) is 5.48 Å². The van der Waals surface area contributed by atoms with Crippen molar-refractivity contribution in [3.63, 3.8) is 0 Å². The van der Waals surface area contributed by atoms with Gasteiger partial charge in [-0.1, -0.05) is 202 Å². The van der Waals surface area contributed by atoms with E-state index in [1.807, 2.05) is 0 Å². The number of carbonyl (C=O) groups is 1. The Morgan fingerprint density at radius 1 is 0.368 bits per heavy atom. The molecule has 0 aliphatic heterocycles. The summed E-state index contributed by atoms with van der Waals surface area (Å²) in [6.07, 6.45) is 43.9. The molecule has 38 heavy (non-hydrogen) atoms. The lowest BCUT2D eigenvalue weighted by Crippen LogP contribution is -2.17. The molecule has 4 heteroatoms. The number of hydrogen-bond acceptors (Lipinski definition) is 2. The zero-order valence-corrected chi connectivity index (χ0v) is 27.2. The van der Waals surface area contributed by atoms with Gasteiger partial charge in [0.1, 0.15) is 0 Å². The fourth-order valence-electron chi connectivity index (χ4n) is 5.56. The molecule has 1 amide bonds. The highest BCUT2D eigenvalue weighted by Crippen LogP contribution is 2.16. The van der Waals surface area contributed by atoms with Crippen LogP contribution in [0.3, 0.4) is 0 Å². The van der Waals surface area contributed by atoms with Crippen molar-refractivity contribution in [2.24, 2.45) is 0 Å². The second-order valence-electron chi connectivity index (χ2n) is 11.9. The number of hydroxylamine groups is 1. The summed E-state index contributed by atoms with van der Waals surface area (Å²) in [6.45, 7) is 0. The highest BCUT2D eigenvalue weighted by atomic mass is 79.9. The predicted octanol–water partition coefficient (Wildman–Crippen LogP) is 12.4. The Morgan fingerprint density at radius 3 is 0.737 bits per heavy atom. The van der Waals surface area contributed by atoms with Gasteiger partial charge in [-0.05, 0) is 12.8 Å². The number of unbranched alkanes of at least 4 members (excludes halogenated alkanes) is 30. The zero-order valence-electron chi connectivity index (χ0n) is 25.6. The molecule has 0 spiro atoms. The SMILES string of the molecule is O=C(CCCCCCCCCCCCCCCCCCCCCCCCCCCCCCCCCBr)NO. The van der Waals surface area contributed by atoms with E-state index in [-0.39, 0.29) is 5.91 Å². The molecule has 0 saturated carbocycles. The molecule has 228 valence electrons. The fraction of sp³-hybridized carbons (Fsp3) is 0.971. The first-order valence-electron chi connectivity index (χ1n) is 17.3. The van der Waals surface area contributed by atoms with Crippen LogP contribution in [0.5, 0.6) is 0 Å². The highest BCUT2D eigenvalue weighted by Gasteiger charge is 1.99. The minimum absolute atomic E-state index is 0.255. The Bertz CT molecular complexity index is 446. The lowest BCUT2D eigenvalue weighted by Gasteiger charge is -2.05. The third kappa shape index (κ3) is 33.9. The first-order chi connectivity index (χ1) is 18.8. The number of carbonyl (C=O) groups excluding carboxylic acids is 1. The van der Waals surface area contributed by atoms with Crippen LogP contribution in [-0.4, -0.2) is 16.4 Å². The monoisotopic (exact) mass is 601 g/mol. The summed E-state index contributed by atoms with van der Waals surface area (Å²) in [5.74, 6) is -0.255. The van der Waals surface area contributed by atoms with Crippen molar-refractivity contribution < 1.29 is 10.0 Å². The molecule has 0 unspecified atom stereocenters. The summed E-state index contributed by atoms with van der Waals surface area (Å²) in [5.41, 5.74) is 1.70. The lowest BCUT2D eigenvalue weighted by molar-refractivity contribution is -0.129. The Balaban J connectivity index is 3.03. The van der Waals surface area contributed by atoms with Crippen LogP contribution in [0.4, 0.5) is 0 Å². The molecule has 0 aromatic rings. The molecular formula is C34H68BrNO2. The summed E-state index contributed by atoms with van der Waals surface area (Å²) >= 11 is 3.52. The first kappa shape index (κ1) is 37.9. The van der Waals surface area contributed by atoms with Crippen molar-refractivity contribution in [1.29, 1.82) is 0 Å². The van der Waals surface area contributed by atoms with E-state index in [4.69, 9.17) is 5.21 Å². The molecule has 0 aromatic carbocycles. The summed E-state index contributed by atoms with van der Waals surface area (Å²) in [4.78, 5) is 10.9. The standard InChI is InChI=1S/C34H68BrNO2/c35-33-31-29-27-25-23-21-19-17-15-13-11-9-7-5-3-1-2-4-6-8-10-12-14-16-18-20-22-24-26-28-30-32-34(37)36-38/h38H,1-33H2,(H,36,37). The molecular weight excluding hydrogens is 534 g/mol. The average molecular weight is 603 g/mol. The van der Waals surface area contributed by atoms with Gasteiger partial charge < -0.3 is 0 Å². The van der Waals surface area contributed by atoms with Gasteiger partial charge in [0.25, 0.3) is 0 Å². The zero-order chi connectivity index (χ0) is 27.6. The van der Waals surface area contributed by atoms with E-state index in [2.05, 4.69) is 15.9 Å². The fourth-order valence-corrected chi connectivity index (χ4v) is 5.96. The number of alkyl halides is 1. The molecule has 2 N–H and O–H groups in total. The van der Waals surface area contributed by atoms with E-state index in [9.17, 15) is 4.79 Å². The minimum atomic E-state index is -0.255. The maximum Gasteiger partial charge on any atom is 0.243 e. The molecule has 0 aliphatic rings. The topological polar surface area (TPSA) is 49.3 Å². The summed E-state index contributed by atoms with van der Waals surface area (Å²) in [6, 6.07) is 0. The normalized spacial score (nSPS) is 11.3. The van der Waals surface area contributed by atoms with Gasteiger partial charge in [-0.3, -0.25) is 10.0 Å². The molecule has 0 saturated heterocycles. The molecule has 0 rings (SSSR count). The minimum Gasteiger partial charge on any atom is -0.289 e. The van der Waals surface area contributed by atoms with E-state index < -0.39 is 0 Å². The Labute approximate surface area is 247 Å². The van der Waals surface area contributed by atoms with Crippen molar-refractivity contribution in [1.82, 2.24) is 5.48 Å². The van der Waals surface area contributed by atoms with E-state index in [1.165, 1.54) is 192 Å². The average Bonchev–Trinajstić information content (AvgIpc) is 2.93. The maximum absolute atomic E-state index is 10.9. The van der Waals surface area contributed by atoms with Gasteiger partial charge >= 0.3 is 0 Å². The van der Waals surface area contributed by atoms with Gasteiger partial charge in [-0.2, -0.15) is 0 Å². The molecule has 0 radical (unpaired) electrons. The third-order valence-electron chi connectivity index (χ3n) is 8.16. The molecule has 0 atom stereocenters. The van der Waals surface area contributed by atoms with Crippen LogP contribution in [0.25, 0.3) is 0 Å².